The zero-order chi connectivity index (χ0) is 18.9. The molecule has 0 aromatic heterocycles. The third-order valence-electron chi connectivity index (χ3n) is 3.54. The summed E-state index contributed by atoms with van der Waals surface area (Å²) in [6, 6.07) is 12.5. The molecular weight excluding hydrogens is 380 g/mol. The number of benzene rings is 3. The van der Waals surface area contributed by atoms with Gasteiger partial charge in [-0.05, 0) is 47.9 Å². The van der Waals surface area contributed by atoms with Crippen LogP contribution < -0.4 is 0 Å². The van der Waals surface area contributed by atoms with Gasteiger partial charge >= 0.3 is 0 Å². The fourth-order valence-electron chi connectivity index (χ4n) is 2.29. The van der Waals surface area contributed by atoms with Crippen LogP contribution in [-0.4, -0.2) is 26.8 Å². The highest BCUT2D eigenvalue weighted by Gasteiger charge is 2.10. The molecule has 10 heteroatoms. The van der Waals surface area contributed by atoms with Crippen molar-refractivity contribution in [1.82, 2.24) is 0 Å². The first-order chi connectivity index (χ1) is 12.3. The van der Waals surface area contributed by atoms with Crippen LogP contribution >= 0.6 is 0 Å². The average molecular weight is 392 g/mol. The molecule has 0 aliphatic carbocycles. The first-order valence-electron chi connectivity index (χ1n) is 7.11. The molecule has 3 aromatic carbocycles. The van der Waals surface area contributed by atoms with Crippen molar-refractivity contribution in [1.29, 1.82) is 0 Å². The van der Waals surface area contributed by atoms with E-state index in [-0.39, 0.29) is 21.2 Å². The Hall–Kier alpha value is -2.66. The Morgan fingerprint density at radius 2 is 1.62 bits per heavy atom. The number of rotatable bonds is 4. The second-order valence-corrected chi connectivity index (χ2v) is 7.63. The molecule has 0 aliphatic heterocycles. The monoisotopic (exact) mass is 392 g/mol. The van der Waals surface area contributed by atoms with Crippen LogP contribution in [-0.2, 0) is 21.2 Å². The highest BCUT2D eigenvalue weighted by Crippen LogP contribution is 2.36. The zero-order valence-electron chi connectivity index (χ0n) is 13.0. The standard InChI is InChI=1S/C16H12N2O6S2/c19-15-8-1-10-9-12(25(20)21)4-7-14(10)16(15)18-17-11-2-5-13(6-3-11)26(22,23)24/h1-9,19H,(H,20,21)(H,22,23,24). The van der Waals surface area contributed by atoms with Crippen LogP contribution in [0.3, 0.4) is 0 Å². The Kier molecular flexibility index (Phi) is 4.83. The second kappa shape index (κ2) is 6.92. The van der Waals surface area contributed by atoms with E-state index in [4.69, 9.17) is 9.11 Å². The van der Waals surface area contributed by atoms with Crippen molar-refractivity contribution < 1.29 is 26.8 Å². The largest absolute Gasteiger partial charge is 0.506 e. The van der Waals surface area contributed by atoms with E-state index in [1.54, 1.807) is 12.1 Å². The van der Waals surface area contributed by atoms with Gasteiger partial charge in [0.15, 0.2) is 11.1 Å². The lowest BCUT2D eigenvalue weighted by atomic mass is 10.1. The molecule has 3 N–H and O–H groups in total. The normalized spacial score (nSPS) is 13.3. The van der Waals surface area contributed by atoms with Crippen molar-refractivity contribution in [3.63, 3.8) is 0 Å². The van der Waals surface area contributed by atoms with Gasteiger partial charge in [0.1, 0.15) is 11.4 Å². The fraction of sp³-hybridized carbons (Fsp3) is 0. The molecule has 3 rings (SSSR count). The number of nitrogens with zero attached hydrogens (tertiary/aromatic N) is 2. The van der Waals surface area contributed by atoms with Crippen molar-refractivity contribution in [3.8, 4) is 5.75 Å². The summed E-state index contributed by atoms with van der Waals surface area (Å²) in [5.41, 5.74) is 0.471. The van der Waals surface area contributed by atoms with Gasteiger partial charge in [0.25, 0.3) is 10.1 Å². The zero-order valence-corrected chi connectivity index (χ0v) is 14.6. The minimum atomic E-state index is -4.29. The maximum absolute atomic E-state index is 11.2. The molecule has 26 heavy (non-hydrogen) atoms. The van der Waals surface area contributed by atoms with E-state index >= 15 is 0 Å². The summed E-state index contributed by atoms with van der Waals surface area (Å²) < 4.78 is 51.3. The number of phenols is 1. The maximum Gasteiger partial charge on any atom is 0.294 e. The number of aromatic hydroxyl groups is 1. The van der Waals surface area contributed by atoms with Gasteiger partial charge in [-0.1, -0.05) is 12.1 Å². The van der Waals surface area contributed by atoms with Gasteiger partial charge in [-0.3, -0.25) is 4.55 Å². The van der Waals surface area contributed by atoms with Crippen LogP contribution in [0, 0.1) is 0 Å². The molecule has 0 amide bonds. The minimum absolute atomic E-state index is 0.131. The number of hydrogen-bond acceptors (Lipinski definition) is 6. The third-order valence-corrected chi connectivity index (χ3v) is 5.07. The lowest BCUT2D eigenvalue weighted by molar-refractivity contribution is 0.477. The molecule has 0 fully saturated rings. The van der Waals surface area contributed by atoms with Crippen molar-refractivity contribution in [2.75, 3.05) is 0 Å². The van der Waals surface area contributed by atoms with Gasteiger partial charge < -0.3 is 9.66 Å². The Morgan fingerprint density at radius 1 is 0.923 bits per heavy atom. The molecule has 0 spiro atoms. The molecule has 0 saturated heterocycles. The van der Waals surface area contributed by atoms with E-state index in [0.29, 0.717) is 16.5 Å². The number of fused-ring (bicyclic) bond motifs is 1. The summed E-state index contributed by atoms with van der Waals surface area (Å²) in [5.74, 6) is -0.131. The van der Waals surface area contributed by atoms with Crippen molar-refractivity contribution in [3.05, 3.63) is 54.6 Å². The summed E-state index contributed by atoms with van der Waals surface area (Å²) in [5, 5.41) is 19.1. The topological polar surface area (TPSA) is 137 Å². The summed E-state index contributed by atoms with van der Waals surface area (Å²) in [4.78, 5) is -0.0547. The number of phenolic OH excluding ortho intramolecular Hbond substituents is 1. The van der Waals surface area contributed by atoms with Gasteiger partial charge in [-0.15, -0.1) is 5.11 Å². The highest BCUT2D eigenvalue weighted by atomic mass is 32.2. The Bertz CT molecular complexity index is 1140. The van der Waals surface area contributed by atoms with E-state index in [1.807, 2.05) is 0 Å². The molecule has 0 bridgehead atoms. The predicted octanol–water partition coefficient (Wildman–Crippen LogP) is 3.79. The van der Waals surface area contributed by atoms with Crippen LogP contribution in [0.5, 0.6) is 5.75 Å². The van der Waals surface area contributed by atoms with Gasteiger partial charge in [0, 0.05) is 5.39 Å². The molecule has 0 aliphatic rings. The van der Waals surface area contributed by atoms with Gasteiger partial charge in [-0.2, -0.15) is 13.5 Å². The maximum atomic E-state index is 11.2. The lowest BCUT2D eigenvalue weighted by Crippen LogP contribution is -1.96. The minimum Gasteiger partial charge on any atom is -0.506 e. The summed E-state index contributed by atoms with van der Waals surface area (Å²) in [6.45, 7) is 0. The Labute approximate surface area is 150 Å². The second-order valence-electron chi connectivity index (χ2n) is 5.23. The molecule has 3 aromatic rings. The summed E-state index contributed by atoms with van der Waals surface area (Å²) >= 11 is -2.13. The molecule has 0 radical (unpaired) electrons. The molecular formula is C16H12N2O6S2. The van der Waals surface area contributed by atoms with E-state index < -0.39 is 21.2 Å². The van der Waals surface area contributed by atoms with E-state index in [2.05, 4.69) is 10.2 Å². The van der Waals surface area contributed by atoms with E-state index in [9.17, 15) is 17.7 Å². The van der Waals surface area contributed by atoms with Crippen LogP contribution in [0.25, 0.3) is 10.8 Å². The van der Waals surface area contributed by atoms with Crippen molar-refractivity contribution in [2.45, 2.75) is 9.79 Å². The van der Waals surface area contributed by atoms with Crippen molar-refractivity contribution >= 4 is 43.3 Å². The third kappa shape index (κ3) is 3.78. The fourth-order valence-corrected chi connectivity index (χ4v) is 3.18. The summed E-state index contributed by atoms with van der Waals surface area (Å²) in [6.07, 6.45) is 0. The molecule has 134 valence electrons. The Balaban J connectivity index is 2.01. The number of azo groups is 1. The van der Waals surface area contributed by atoms with Gasteiger partial charge in [0.05, 0.1) is 15.5 Å². The van der Waals surface area contributed by atoms with Gasteiger partial charge in [-0.25, -0.2) is 4.21 Å². The Morgan fingerprint density at radius 3 is 2.23 bits per heavy atom. The molecule has 8 nitrogen and oxygen atoms in total. The van der Waals surface area contributed by atoms with E-state index in [1.165, 1.54) is 42.5 Å². The molecule has 1 unspecified atom stereocenters. The van der Waals surface area contributed by atoms with Crippen LogP contribution in [0.2, 0.25) is 0 Å². The first kappa shape index (κ1) is 18.1. The van der Waals surface area contributed by atoms with E-state index in [0.717, 1.165) is 0 Å². The van der Waals surface area contributed by atoms with Gasteiger partial charge in [0.2, 0.25) is 0 Å². The predicted molar refractivity (Wildman–Crippen MR) is 95.1 cm³/mol. The lowest BCUT2D eigenvalue weighted by Gasteiger charge is -2.05. The smallest absolute Gasteiger partial charge is 0.294 e. The SMILES string of the molecule is O=S(O)c1ccc2c(N=Nc3ccc(S(=O)(=O)O)cc3)c(O)ccc2c1. The molecule has 1 atom stereocenters. The molecule has 0 heterocycles. The van der Waals surface area contributed by atoms with Crippen LogP contribution in [0.15, 0.2) is 74.6 Å². The quantitative estimate of drug-likeness (QED) is 0.351. The highest BCUT2D eigenvalue weighted by molar-refractivity contribution is 7.85. The summed E-state index contributed by atoms with van der Waals surface area (Å²) in [7, 11) is -4.29. The number of hydrogen-bond donors (Lipinski definition) is 3. The van der Waals surface area contributed by atoms with Crippen LogP contribution in [0.4, 0.5) is 11.4 Å². The molecule has 0 saturated carbocycles. The average Bonchev–Trinajstić information content (AvgIpc) is 2.60. The van der Waals surface area contributed by atoms with Crippen LogP contribution in [0.1, 0.15) is 0 Å². The first-order valence-corrected chi connectivity index (χ1v) is 9.66. The van der Waals surface area contributed by atoms with Crippen molar-refractivity contribution in [2.24, 2.45) is 10.2 Å².